The summed E-state index contributed by atoms with van der Waals surface area (Å²) in [6.07, 6.45) is 2.40. The largest absolute Gasteiger partial charge is 0.454 e. The highest BCUT2D eigenvalue weighted by atomic mass is 16.6. The van der Waals surface area contributed by atoms with Crippen molar-refractivity contribution in [3.8, 4) is 0 Å². The molecule has 1 heterocycles. The molecule has 0 amide bonds. The summed E-state index contributed by atoms with van der Waals surface area (Å²) >= 11 is 0. The number of benzene rings is 1. The average molecular weight is 190 g/mol. The van der Waals surface area contributed by atoms with Gasteiger partial charge < -0.3 is 4.74 Å². The van der Waals surface area contributed by atoms with Crippen LogP contribution in [0.4, 0.5) is 0 Å². The smallest absolute Gasteiger partial charge is 0.306 e. The SMILES string of the molecule is CC1(c2ccccc2)CCCC(=O)O1. The van der Waals surface area contributed by atoms with Crippen LogP contribution in [0.25, 0.3) is 0 Å². The van der Waals surface area contributed by atoms with Crippen molar-refractivity contribution in [1.29, 1.82) is 0 Å². The van der Waals surface area contributed by atoms with Crippen LogP contribution in [0.2, 0.25) is 0 Å². The summed E-state index contributed by atoms with van der Waals surface area (Å²) in [5.41, 5.74) is 0.685. The predicted octanol–water partition coefficient (Wildman–Crippen LogP) is 2.63. The van der Waals surface area contributed by atoms with Crippen molar-refractivity contribution in [3.63, 3.8) is 0 Å². The van der Waals surface area contributed by atoms with Crippen LogP contribution >= 0.6 is 0 Å². The Hall–Kier alpha value is -1.31. The van der Waals surface area contributed by atoms with Crippen molar-refractivity contribution >= 4 is 5.97 Å². The fraction of sp³-hybridized carbons (Fsp3) is 0.417. The molecule has 14 heavy (non-hydrogen) atoms. The van der Waals surface area contributed by atoms with Crippen molar-refractivity contribution in [2.75, 3.05) is 0 Å². The van der Waals surface area contributed by atoms with E-state index in [1.165, 1.54) is 0 Å². The van der Waals surface area contributed by atoms with E-state index in [0.717, 1.165) is 18.4 Å². The van der Waals surface area contributed by atoms with Crippen molar-refractivity contribution in [2.45, 2.75) is 31.8 Å². The maximum Gasteiger partial charge on any atom is 0.306 e. The van der Waals surface area contributed by atoms with Gasteiger partial charge >= 0.3 is 5.97 Å². The summed E-state index contributed by atoms with van der Waals surface area (Å²) in [4.78, 5) is 11.2. The van der Waals surface area contributed by atoms with Crippen LogP contribution in [0, 0.1) is 0 Å². The second kappa shape index (κ2) is 3.45. The molecule has 1 saturated heterocycles. The highest BCUT2D eigenvalue weighted by Gasteiger charge is 2.33. The lowest BCUT2D eigenvalue weighted by molar-refractivity contribution is -0.166. The summed E-state index contributed by atoms with van der Waals surface area (Å²) in [6.45, 7) is 1.99. The third kappa shape index (κ3) is 1.65. The topological polar surface area (TPSA) is 26.3 Å². The molecule has 0 spiro atoms. The van der Waals surface area contributed by atoms with Gasteiger partial charge in [0, 0.05) is 6.42 Å². The average Bonchev–Trinajstić information content (AvgIpc) is 2.19. The van der Waals surface area contributed by atoms with Gasteiger partial charge in [-0.05, 0) is 25.3 Å². The molecule has 2 rings (SSSR count). The summed E-state index contributed by atoms with van der Waals surface area (Å²) < 4.78 is 5.42. The number of carbonyl (C=O) groups is 1. The molecule has 1 atom stereocenters. The number of hydrogen-bond acceptors (Lipinski definition) is 2. The molecule has 1 aliphatic heterocycles. The molecular formula is C12H14O2. The predicted molar refractivity (Wildman–Crippen MR) is 53.7 cm³/mol. The standard InChI is InChI=1S/C12H14O2/c1-12(9-5-8-11(13)14-12)10-6-3-2-4-7-10/h2-4,6-7H,5,8-9H2,1H3. The molecule has 74 valence electrons. The van der Waals surface area contributed by atoms with E-state index in [1.54, 1.807) is 0 Å². The minimum absolute atomic E-state index is 0.0809. The van der Waals surface area contributed by atoms with E-state index in [-0.39, 0.29) is 5.97 Å². The first-order chi connectivity index (χ1) is 6.71. The molecule has 0 saturated carbocycles. The number of rotatable bonds is 1. The van der Waals surface area contributed by atoms with Gasteiger partial charge in [-0.25, -0.2) is 0 Å². The molecule has 0 aromatic heterocycles. The summed E-state index contributed by atoms with van der Waals surface area (Å²) in [5, 5.41) is 0. The van der Waals surface area contributed by atoms with Gasteiger partial charge in [0.2, 0.25) is 0 Å². The Morgan fingerprint density at radius 2 is 2.00 bits per heavy atom. The molecule has 2 heteroatoms. The third-order valence-corrected chi connectivity index (χ3v) is 2.76. The highest BCUT2D eigenvalue weighted by molar-refractivity contribution is 5.70. The molecule has 2 nitrogen and oxygen atoms in total. The van der Waals surface area contributed by atoms with Crippen molar-refractivity contribution in [1.82, 2.24) is 0 Å². The maximum absolute atomic E-state index is 11.2. The molecule has 1 aromatic carbocycles. The van der Waals surface area contributed by atoms with E-state index >= 15 is 0 Å². The number of hydrogen-bond donors (Lipinski definition) is 0. The zero-order valence-electron chi connectivity index (χ0n) is 8.32. The zero-order valence-corrected chi connectivity index (χ0v) is 8.32. The fourth-order valence-corrected chi connectivity index (χ4v) is 1.92. The minimum Gasteiger partial charge on any atom is -0.454 e. The first-order valence-electron chi connectivity index (χ1n) is 4.98. The summed E-state index contributed by atoms with van der Waals surface area (Å²) in [7, 11) is 0. The van der Waals surface area contributed by atoms with E-state index in [9.17, 15) is 4.79 Å². The number of ether oxygens (including phenoxy) is 1. The molecule has 0 N–H and O–H groups in total. The molecule has 1 aromatic rings. The van der Waals surface area contributed by atoms with Gasteiger partial charge in [-0.1, -0.05) is 30.3 Å². The minimum atomic E-state index is -0.406. The van der Waals surface area contributed by atoms with Crippen LogP contribution in [-0.2, 0) is 15.1 Å². The molecule has 0 radical (unpaired) electrons. The van der Waals surface area contributed by atoms with Crippen LogP contribution in [0.5, 0.6) is 0 Å². The van der Waals surface area contributed by atoms with Gasteiger partial charge in [-0.15, -0.1) is 0 Å². The molecular weight excluding hydrogens is 176 g/mol. The monoisotopic (exact) mass is 190 g/mol. The van der Waals surface area contributed by atoms with Gasteiger partial charge in [0.1, 0.15) is 5.60 Å². The van der Waals surface area contributed by atoms with Gasteiger partial charge in [-0.3, -0.25) is 4.79 Å². The van der Waals surface area contributed by atoms with Crippen molar-refractivity contribution in [3.05, 3.63) is 35.9 Å². The van der Waals surface area contributed by atoms with Crippen molar-refractivity contribution in [2.24, 2.45) is 0 Å². The lowest BCUT2D eigenvalue weighted by atomic mass is 9.88. The van der Waals surface area contributed by atoms with E-state index in [4.69, 9.17) is 4.74 Å². The third-order valence-electron chi connectivity index (χ3n) is 2.76. The molecule has 0 aliphatic carbocycles. The van der Waals surface area contributed by atoms with Crippen LogP contribution in [0.3, 0.4) is 0 Å². The van der Waals surface area contributed by atoms with E-state index < -0.39 is 5.60 Å². The van der Waals surface area contributed by atoms with Gasteiger partial charge in [-0.2, -0.15) is 0 Å². The van der Waals surface area contributed by atoms with E-state index in [1.807, 2.05) is 37.3 Å². The Labute approximate surface area is 83.9 Å². The Balaban J connectivity index is 2.27. The second-order valence-corrected chi connectivity index (χ2v) is 3.92. The number of cyclic esters (lactones) is 1. The lowest BCUT2D eigenvalue weighted by Gasteiger charge is -2.33. The Kier molecular flexibility index (Phi) is 2.28. The van der Waals surface area contributed by atoms with Gasteiger partial charge in [0.25, 0.3) is 0 Å². The summed E-state index contributed by atoms with van der Waals surface area (Å²) in [5.74, 6) is -0.0809. The van der Waals surface area contributed by atoms with Crippen LogP contribution in [0.15, 0.2) is 30.3 Å². The molecule has 1 fully saturated rings. The van der Waals surface area contributed by atoms with Crippen LogP contribution in [-0.4, -0.2) is 5.97 Å². The highest BCUT2D eigenvalue weighted by Crippen LogP contribution is 2.34. The Morgan fingerprint density at radius 3 is 2.64 bits per heavy atom. The maximum atomic E-state index is 11.2. The first kappa shape index (κ1) is 9.25. The second-order valence-electron chi connectivity index (χ2n) is 3.92. The molecule has 0 bridgehead atoms. The van der Waals surface area contributed by atoms with Gasteiger partial charge in [0.15, 0.2) is 0 Å². The van der Waals surface area contributed by atoms with Crippen molar-refractivity contribution < 1.29 is 9.53 Å². The number of carbonyl (C=O) groups excluding carboxylic acids is 1. The zero-order chi connectivity index (χ0) is 10.0. The lowest BCUT2D eigenvalue weighted by Crippen LogP contribution is -2.33. The fourth-order valence-electron chi connectivity index (χ4n) is 1.92. The summed E-state index contributed by atoms with van der Waals surface area (Å²) in [6, 6.07) is 9.95. The number of esters is 1. The molecule has 1 aliphatic rings. The van der Waals surface area contributed by atoms with Gasteiger partial charge in [0.05, 0.1) is 0 Å². The Bertz CT molecular complexity index is 331. The molecule has 1 unspecified atom stereocenters. The van der Waals surface area contributed by atoms with Crippen LogP contribution in [0.1, 0.15) is 31.7 Å². The van der Waals surface area contributed by atoms with Crippen LogP contribution < -0.4 is 0 Å². The Morgan fingerprint density at radius 1 is 1.29 bits per heavy atom. The quantitative estimate of drug-likeness (QED) is 0.636. The van der Waals surface area contributed by atoms with E-state index in [2.05, 4.69) is 0 Å². The normalized spacial score (nSPS) is 27.1. The van der Waals surface area contributed by atoms with E-state index in [0.29, 0.717) is 6.42 Å². The first-order valence-corrected chi connectivity index (χ1v) is 4.98.